The molecule has 0 aliphatic carbocycles. The zero-order chi connectivity index (χ0) is 21.3. The maximum atomic E-state index is 5.51. The Kier molecular flexibility index (Phi) is 8.51. The molecule has 164 valence electrons. The van der Waals surface area contributed by atoms with Crippen LogP contribution in [0.15, 0.2) is 28.6 Å². The van der Waals surface area contributed by atoms with Gasteiger partial charge in [-0.25, -0.2) is 9.98 Å². The van der Waals surface area contributed by atoms with Gasteiger partial charge in [0, 0.05) is 30.6 Å². The number of nitrogens with zero attached hydrogens (tertiary/aromatic N) is 3. The number of piperidine rings is 1. The minimum atomic E-state index is 0.601. The van der Waals surface area contributed by atoms with Crippen LogP contribution in [0.4, 0.5) is 0 Å². The Morgan fingerprint density at radius 1 is 1.27 bits per heavy atom. The molecule has 2 aromatic rings. The lowest BCUT2D eigenvalue weighted by Crippen LogP contribution is -2.42. The fourth-order valence-corrected chi connectivity index (χ4v) is 4.39. The molecule has 6 nitrogen and oxygen atoms in total. The molecule has 0 amide bonds. The molecule has 1 saturated heterocycles. The summed E-state index contributed by atoms with van der Waals surface area (Å²) >= 11 is 1.74. The fourth-order valence-electron chi connectivity index (χ4n) is 3.79. The van der Waals surface area contributed by atoms with Gasteiger partial charge < -0.3 is 15.4 Å². The molecule has 0 spiro atoms. The molecule has 1 aromatic carbocycles. The summed E-state index contributed by atoms with van der Waals surface area (Å²) in [4.78, 5) is 11.9. The number of hydrogen-bond donors (Lipinski definition) is 2. The Labute approximate surface area is 184 Å². The van der Waals surface area contributed by atoms with Gasteiger partial charge in [0.25, 0.3) is 0 Å². The van der Waals surface area contributed by atoms with Crippen LogP contribution < -0.4 is 15.4 Å². The lowest BCUT2D eigenvalue weighted by Gasteiger charge is -2.31. The van der Waals surface area contributed by atoms with Gasteiger partial charge in [0.1, 0.15) is 5.75 Å². The number of aryl methyl sites for hydroxylation is 2. The number of likely N-dealkylation sites (tertiary alicyclic amines) is 1. The van der Waals surface area contributed by atoms with Crippen LogP contribution in [-0.2, 0) is 13.1 Å². The van der Waals surface area contributed by atoms with E-state index in [9.17, 15) is 0 Å². The number of aromatic nitrogens is 1. The molecule has 0 saturated carbocycles. The maximum Gasteiger partial charge on any atom is 0.191 e. The molecule has 3 rings (SSSR count). The minimum absolute atomic E-state index is 0.601. The highest BCUT2D eigenvalue weighted by molar-refractivity contribution is 7.09. The van der Waals surface area contributed by atoms with Crippen LogP contribution in [0.5, 0.6) is 5.75 Å². The molecule has 1 aliphatic heterocycles. The number of aliphatic imine (C=N–C) groups is 1. The van der Waals surface area contributed by atoms with Crippen molar-refractivity contribution in [3.8, 4) is 5.75 Å². The van der Waals surface area contributed by atoms with Gasteiger partial charge in [-0.15, -0.1) is 11.3 Å². The van der Waals surface area contributed by atoms with Gasteiger partial charge in [-0.3, -0.25) is 4.90 Å². The van der Waals surface area contributed by atoms with Gasteiger partial charge >= 0.3 is 0 Å². The number of hydrogen-bond acceptors (Lipinski definition) is 5. The summed E-state index contributed by atoms with van der Waals surface area (Å²) in [7, 11) is 1.72. The van der Waals surface area contributed by atoms with Crippen molar-refractivity contribution in [3.63, 3.8) is 0 Å². The van der Waals surface area contributed by atoms with E-state index in [1.807, 2.05) is 0 Å². The highest BCUT2D eigenvalue weighted by Gasteiger charge is 2.20. The minimum Gasteiger partial charge on any atom is -0.496 e. The van der Waals surface area contributed by atoms with Crippen molar-refractivity contribution >= 4 is 17.3 Å². The highest BCUT2D eigenvalue weighted by Crippen LogP contribution is 2.21. The molecule has 1 fully saturated rings. The summed E-state index contributed by atoms with van der Waals surface area (Å²) in [6, 6.07) is 6.27. The highest BCUT2D eigenvalue weighted by atomic mass is 32.1. The van der Waals surface area contributed by atoms with E-state index in [-0.39, 0.29) is 0 Å². The van der Waals surface area contributed by atoms with Crippen molar-refractivity contribution in [2.75, 3.05) is 33.3 Å². The summed E-state index contributed by atoms with van der Waals surface area (Å²) in [5.41, 5.74) is 3.51. The molecule has 0 radical (unpaired) electrons. The van der Waals surface area contributed by atoms with E-state index in [1.54, 1.807) is 18.4 Å². The second-order valence-electron chi connectivity index (χ2n) is 7.97. The van der Waals surface area contributed by atoms with Crippen LogP contribution >= 0.6 is 11.3 Å². The summed E-state index contributed by atoms with van der Waals surface area (Å²) in [6.07, 6.45) is 2.42. The maximum absolute atomic E-state index is 5.51. The first-order chi connectivity index (χ1) is 14.6. The molecule has 0 bridgehead atoms. The van der Waals surface area contributed by atoms with Crippen LogP contribution in [0.3, 0.4) is 0 Å². The van der Waals surface area contributed by atoms with E-state index < -0.39 is 0 Å². The molecule has 2 N–H and O–H groups in total. The van der Waals surface area contributed by atoms with Gasteiger partial charge in [0.05, 0.1) is 24.4 Å². The van der Waals surface area contributed by atoms with Crippen LogP contribution in [0.2, 0.25) is 0 Å². The number of thiazole rings is 1. The van der Waals surface area contributed by atoms with Crippen LogP contribution in [0, 0.1) is 19.8 Å². The topological polar surface area (TPSA) is 61.8 Å². The van der Waals surface area contributed by atoms with Crippen molar-refractivity contribution in [2.45, 2.75) is 46.7 Å². The van der Waals surface area contributed by atoms with Crippen molar-refractivity contribution in [1.29, 1.82) is 0 Å². The Hall–Kier alpha value is -2.12. The smallest absolute Gasteiger partial charge is 0.191 e. The van der Waals surface area contributed by atoms with Crippen molar-refractivity contribution in [3.05, 3.63) is 45.4 Å². The lowest BCUT2D eigenvalue weighted by atomic mass is 9.97. The first-order valence-corrected chi connectivity index (χ1v) is 11.7. The van der Waals surface area contributed by atoms with Crippen LogP contribution in [0.25, 0.3) is 0 Å². The average Bonchev–Trinajstić information content (AvgIpc) is 3.16. The summed E-state index contributed by atoms with van der Waals surface area (Å²) in [5, 5.41) is 10.3. The van der Waals surface area contributed by atoms with Crippen molar-refractivity contribution in [2.24, 2.45) is 10.9 Å². The Bertz CT molecular complexity index is 827. The molecule has 1 aromatic heterocycles. The van der Waals surface area contributed by atoms with E-state index in [0.717, 1.165) is 55.0 Å². The number of ether oxygens (including phenoxy) is 1. The van der Waals surface area contributed by atoms with E-state index in [0.29, 0.717) is 12.5 Å². The van der Waals surface area contributed by atoms with E-state index >= 15 is 0 Å². The van der Waals surface area contributed by atoms with E-state index in [4.69, 9.17) is 9.73 Å². The fraction of sp³-hybridized carbons (Fsp3) is 0.565. The Morgan fingerprint density at radius 2 is 2.07 bits per heavy atom. The standard InChI is InChI=1S/C23H35N5OS/c1-5-24-23(26-14-20-7-6-17(2)12-22(20)29-4)25-13-19-8-10-28(11-9-19)15-21-16-30-18(3)27-21/h6-7,12,16,19H,5,8-11,13-15H2,1-4H3,(H2,24,25,26). The average molecular weight is 430 g/mol. The second-order valence-corrected chi connectivity index (χ2v) is 9.03. The molecule has 30 heavy (non-hydrogen) atoms. The summed E-state index contributed by atoms with van der Waals surface area (Å²) in [6.45, 7) is 11.9. The molecule has 1 aliphatic rings. The monoisotopic (exact) mass is 429 g/mol. The third-order valence-corrected chi connectivity index (χ3v) is 6.33. The number of nitrogens with one attached hydrogen (secondary N) is 2. The Morgan fingerprint density at radius 3 is 2.73 bits per heavy atom. The molecular weight excluding hydrogens is 394 g/mol. The SMILES string of the molecule is CCNC(=NCc1ccc(C)cc1OC)NCC1CCN(Cc2csc(C)n2)CC1. The molecule has 0 atom stereocenters. The molecule has 7 heteroatoms. The number of rotatable bonds is 8. The second kappa shape index (κ2) is 11.3. The van der Waals surface area contributed by atoms with Gasteiger partial charge in [-0.2, -0.15) is 0 Å². The molecular formula is C23H35N5OS. The molecule has 0 unspecified atom stereocenters. The Balaban J connectivity index is 1.47. The van der Waals surface area contributed by atoms with Crippen molar-refractivity contribution < 1.29 is 4.74 Å². The van der Waals surface area contributed by atoms with Gasteiger partial charge in [-0.1, -0.05) is 12.1 Å². The lowest BCUT2D eigenvalue weighted by molar-refractivity contribution is 0.176. The third kappa shape index (κ3) is 6.71. The van der Waals surface area contributed by atoms with E-state index in [2.05, 4.69) is 64.9 Å². The number of methoxy groups -OCH3 is 1. The third-order valence-electron chi connectivity index (χ3n) is 5.51. The van der Waals surface area contributed by atoms with Gasteiger partial charge in [0.15, 0.2) is 5.96 Å². The zero-order valence-electron chi connectivity index (χ0n) is 18.7. The summed E-state index contributed by atoms with van der Waals surface area (Å²) in [5.74, 6) is 2.45. The molecule has 2 heterocycles. The van der Waals surface area contributed by atoms with E-state index in [1.165, 1.54) is 24.1 Å². The first kappa shape index (κ1) is 22.6. The summed E-state index contributed by atoms with van der Waals surface area (Å²) < 4.78 is 5.51. The van der Waals surface area contributed by atoms with Gasteiger partial charge in [0.2, 0.25) is 0 Å². The zero-order valence-corrected chi connectivity index (χ0v) is 19.5. The largest absolute Gasteiger partial charge is 0.496 e. The van der Waals surface area contributed by atoms with Gasteiger partial charge in [-0.05, 0) is 64.3 Å². The van der Waals surface area contributed by atoms with Crippen LogP contribution in [-0.4, -0.2) is 49.1 Å². The number of guanidine groups is 1. The normalized spacial score (nSPS) is 15.9. The number of benzene rings is 1. The van der Waals surface area contributed by atoms with Crippen molar-refractivity contribution in [1.82, 2.24) is 20.5 Å². The first-order valence-electron chi connectivity index (χ1n) is 10.9. The predicted octanol–water partition coefficient (Wildman–Crippen LogP) is 3.74. The van der Waals surface area contributed by atoms with Crippen LogP contribution in [0.1, 0.15) is 41.6 Å². The predicted molar refractivity (Wildman–Crippen MR) is 125 cm³/mol. The quantitative estimate of drug-likeness (QED) is 0.494.